The number of amidine groups is 1. The number of anilines is 1. The first-order chi connectivity index (χ1) is 12.5. The summed E-state index contributed by atoms with van der Waals surface area (Å²) >= 11 is 1.57. The Morgan fingerprint density at radius 3 is 3.00 bits per heavy atom. The zero-order valence-electron chi connectivity index (χ0n) is 14.5. The summed E-state index contributed by atoms with van der Waals surface area (Å²) < 4.78 is 0. The van der Waals surface area contributed by atoms with Crippen LogP contribution in [0, 0.1) is 0 Å². The molecule has 0 radical (unpaired) electrons. The maximum absolute atomic E-state index is 12.7. The van der Waals surface area contributed by atoms with E-state index in [0.29, 0.717) is 10.7 Å². The summed E-state index contributed by atoms with van der Waals surface area (Å²) in [5.41, 5.74) is 8.98. The number of hydrogen-bond donors (Lipinski definition) is 3. The van der Waals surface area contributed by atoms with Crippen LogP contribution in [0.3, 0.4) is 0 Å². The Labute approximate surface area is 156 Å². The Hall–Kier alpha value is -2.73. The third-order valence-electron chi connectivity index (χ3n) is 4.75. The van der Waals surface area contributed by atoms with E-state index < -0.39 is 0 Å². The quantitative estimate of drug-likeness (QED) is 0.654. The minimum absolute atomic E-state index is 0.132. The van der Waals surface area contributed by atoms with Gasteiger partial charge in [-0.05, 0) is 55.3 Å². The van der Waals surface area contributed by atoms with Gasteiger partial charge in [-0.15, -0.1) is 0 Å². The number of aromatic amines is 1. The van der Waals surface area contributed by atoms with Crippen molar-refractivity contribution in [2.45, 2.75) is 18.9 Å². The van der Waals surface area contributed by atoms with Gasteiger partial charge in [-0.25, -0.2) is 0 Å². The zero-order chi connectivity index (χ0) is 18.1. The van der Waals surface area contributed by atoms with E-state index >= 15 is 0 Å². The number of aromatic nitrogens is 1. The Bertz CT molecular complexity index is 1010. The van der Waals surface area contributed by atoms with Crippen molar-refractivity contribution in [2.75, 3.05) is 11.1 Å². The fraction of sp³-hybridized carbons (Fsp3) is 0.200. The fourth-order valence-corrected chi connectivity index (χ4v) is 4.20. The van der Waals surface area contributed by atoms with Gasteiger partial charge >= 0.3 is 0 Å². The van der Waals surface area contributed by atoms with Crippen molar-refractivity contribution in [1.29, 1.82) is 0 Å². The molecule has 5 nitrogen and oxygen atoms in total. The first-order valence-electron chi connectivity index (χ1n) is 8.51. The summed E-state index contributed by atoms with van der Waals surface area (Å²) in [4.78, 5) is 20.5. The van der Waals surface area contributed by atoms with Gasteiger partial charge in [0.25, 0.3) is 5.91 Å². The molecule has 1 aromatic heterocycles. The van der Waals surface area contributed by atoms with Crippen LogP contribution in [0.4, 0.5) is 5.69 Å². The molecule has 1 atom stereocenters. The van der Waals surface area contributed by atoms with Crippen LogP contribution in [0.15, 0.2) is 59.7 Å². The second kappa shape index (κ2) is 6.53. The summed E-state index contributed by atoms with van der Waals surface area (Å²) in [5, 5.41) is 4.64. The molecule has 132 valence electrons. The number of benzene rings is 2. The maximum Gasteiger partial charge on any atom is 0.255 e. The molecule has 0 fully saturated rings. The molecule has 1 aliphatic heterocycles. The number of nitrogens with zero attached hydrogens (tertiary/aromatic N) is 1. The lowest BCUT2D eigenvalue weighted by Gasteiger charge is -2.30. The number of carbonyl (C=O) groups excluding carboxylic acids is 1. The van der Waals surface area contributed by atoms with Crippen LogP contribution in [0.25, 0.3) is 10.9 Å². The largest absolute Gasteiger partial charge is 0.379 e. The lowest BCUT2D eigenvalue weighted by Crippen LogP contribution is -2.29. The third-order valence-corrected chi connectivity index (χ3v) is 5.55. The minimum atomic E-state index is -0.379. The average molecular weight is 364 g/mol. The molecule has 1 unspecified atom stereocenters. The van der Waals surface area contributed by atoms with Crippen LogP contribution in [-0.2, 0) is 5.54 Å². The van der Waals surface area contributed by atoms with Crippen LogP contribution in [0.1, 0.15) is 29.3 Å². The number of aliphatic imine (C=N–C) groups is 1. The molecule has 0 spiro atoms. The maximum atomic E-state index is 12.7. The molecule has 1 aliphatic rings. The molecule has 6 heteroatoms. The second-order valence-electron chi connectivity index (χ2n) is 6.64. The van der Waals surface area contributed by atoms with E-state index in [1.807, 2.05) is 54.7 Å². The first kappa shape index (κ1) is 16.7. The number of amides is 1. The van der Waals surface area contributed by atoms with Crippen LogP contribution >= 0.6 is 11.8 Å². The molecule has 26 heavy (non-hydrogen) atoms. The van der Waals surface area contributed by atoms with Crippen molar-refractivity contribution in [2.24, 2.45) is 10.7 Å². The lowest BCUT2D eigenvalue weighted by molar-refractivity contribution is 0.102. The fourth-order valence-electron chi connectivity index (χ4n) is 3.22. The molecule has 0 saturated heterocycles. The Morgan fingerprint density at radius 2 is 2.15 bits per heavy atom. The Morgan fingerprint density at radius 1 is 1.27 bits per heavy atom. The third kappa shape index (κ3) is 3.20. The average Bonchev–Trinajstić information content (AvgIpc) is 3.09. The Kier molecular flexibility index (Phi) is 4.20. The van der Waals surface area contributed by atoms with Gasteiger partial charge in [-0.2, -0.15) is 0 Å². The first-order valence-corrected chi connectivity index (χ1v) is 9.49. The lowest BCUT2D eigenvalue weighted by atomic mass is 9.88. The molecule has 1 amide bonds. The van der Waals surface area contributed by atoms with Gasteiger partial charge < -0.3 is 16.0 Å². The summed E-state index contributed by atoms with van der Waals surface area (Å²) in [6.45, 7) is 2.07. The highest BCUT2D eigenvalue weighted by Gasteiger charge is 2.29. The van der Waals surface area contributed by atoms with Gasteiger partial charge in [0, 0.05) is 34.1 Å². The van der Waals surface area contributed by atoms with Gasteiger partial charge in [-0.1, -0.05) is 23.9 Å². The predicted octanol–water partition coefficient (Wildman–Crippen LogP) is 4.09. The predicted molar refractivity (Wildman–Crippen MR) is 109 cm³/mol. The zero-order valence-corrected chi connectivity index (χ0v) is 15.3. The van der Waals surface area contributed by atoms with E-state index in [-0.39, 0.29) is 11.4 Å². The van der Waals surface area contributed by atoms with Crippen molar-refractivity contribution in [3.05, 3.63) is 65.9 Å². The summed E-state index contributed by atoms with van der Waals surface area (Å²) in [5.74, 6) is 0.798. The topological polar surface area (TPSA) is 83.3 Å². The molecule has 0 bridgehead atoms. The highest BCUT2D eigenvalue weighted by Crippen LogP contribution is 2.35. The van der Waals surface area contributed by atoms with Crippen molar-refractivity contribution < 1.29 is 4.79 Å². The normalized spacial score (nSPS) is 20.0. The smallest absolute Gasteiger partial charge is 0.255 e. The van der Waals surface area contributed by atoms with Crippen molar-refractivity contribution in [3.63, 3.8) is 0 Å². The van der Waals surface area contributed by atoms with Gasteiger partial charge in [-0.3, -0.25) is 9.79 Å². The van der Waals surface area contributed by atoms with Crippen LogP contribution in [-0.4, -0.2) is 21.8 Å². The Balaban J connectivity index is 1.59. The molecule has 0 saturated carbocycles. The highest BCUT2D eigenvalue weighted by molar-refractivity contribution is 8.13. The van der Waals surface area contributed by atoms with Gasteiger partial charge in [0.2, 0.25) is 0 Å². The van der Waals surface area contributed by atoms with Crippen molar-refractivity contribution >= 4 is 39.4 Å². The molecular formula is C20H20N4OS. The van der Waals surface area contributed by atoms with E-state index in [4.69, 9.17) is 5.73 Å². The van der Waals surface area contributed by atoms with Crippen LogP contribution < -0.4 is 11.1 Å². The van der Waals surface area contributed by atoms with Crippen molar-refractivity contribution in [3.8, 4) is 0 Å². The van der Waals surface area contributed by atoms with Crippen LogP contribution in [0.2, 0.25) is 0 Å². The summed E-state index contributed by atoms with van der Waals surface area (Å²) in [6, 6.07) is 15.4. The molecular weight excluding hydrogens is 344 g/mol. The van der Waals surface area contributed by atoms with Gasteiger partial charge in [0.05, 0.1) is 5.54 Å². The number of nitrogens with one attached hydrogen (secondary N) is 2. The number of rotatable bonds is 3. The second-order valence-corrected chi connectivity index (χ2v) is 7.75. The molecule has 2 heterocycles. The molecule has 4 rings (SSSR count). The van der Waals surface area contributed by atoms with Gasteiger partial charge in [0.1, 0.15) is 0 Å². The van der Waals surface area contributed by atoms with Gasteiger partial charge in [0.15, 0.2) is 5.17 Å². The van der Waals surface area contributed by atoms with E-state index in [1.165, 1.54) is 0 Å². The van der Waals surface area contributed by atoms with E-state index in [0.717, 1.165) is 34.3 Å². The number of fused-ring (bicyclic) bond motifs is 1. The number of carbonyl (C=O) groups is 1. The van der Waals surface area contributed by atoms with Crippen LogP contribution in [0.5, 0.6) is 0 Å². The van der Waals surface area contributed by atoms with E-state index in [9.17, 15) is 4.79 Å². The number of H-pyrrole nitrogens is 1. The summed E-state index contributed by atoms with van der Waals surface area (Å²) in [7, 11) is 0. The number of nitrogens with two attached hydrogens (primary N) is 1. The van der Waals surface area contributed by atoms with E-state index in [1.54, 1.807) is 11.8 Å². The number of thioether (sulfide) groups is 1. The standard InChI is InChI=1S/C20H20N4OS/c1-20(8-10-26-19(21)24-20)15-4-2-3-14(11-15)18(25)23-16-5-6-17-13(12-16)7-9-22-17/h2-7,9,11-12,22H,8,10H2,1H3,(H2,21,24)(H,23,25). The number of hydrogen-bond acceptors (Lipinski definition) is 4. The summed E-state index contributed by atoms with van der Waals surface area (Å²) in [6.07, 6.45) is 2.78. The highest BCUT2D eigenvalue weighted by atomic mass is 32.2. The molecule has 2 aromatic carbocycles. The van der Waals surface area contributed by atoms with Crippen molar-refractivity contribution in [1.82, 2.24) is 4.98 Å². The molecule has 4 N–H and O–H groups in total. The van der Waals surface area contributed by atoms with E-state index in [2.05, 4.69) is 22.2 Å². The molecule has 3 aromatic rings. The minimum Gasteiger partial charge on any atom is -0.379 e. The monoisotopic (exact) mass is 364 g/mol. The SMILES string of the molecule is CC1(c2cccc(C(=O)Nc3ccc4[nH]ccc4c3)c2)CCSC(N)=N1. The molecule has 0 aliphatic carbocycles.